The molecule has 1 N–H and O–H groups in total. The second-order valence-corrected chi connectivity index (χ2v) is 8.08. The first-order chi connectivity index (χ1) is 12.8. The predicted octanol–water partition coefficient (Wildman–Crippen LogP) is 3.69. The lowest BCUT2D eigenvalue weighted by atomic mass is 9.82. The van der Waals surface area contributed by atoms with Crippen molar-refractivity contribution in [3.63, 3.8) is 0 Å². The van der Waals surface area contributed by atoms with E-state index in [4.69, 9.17) is 4.74 Å². The molecule has 1 atom stereocenters. The zero-order valence-electron chi connectivity index (χ0n) is 16.8. The Hall–Kier alpha value is -2.17. The molecule has 1 amide bonds. The van der Waals surface area contributed by atoms with Crippen LogP contribution in [-0.4, -0.2) is 30.3 Å². The van der Waals surface area contributed by atoms with Crippen molar-refractivity contribution in [3.8, 4) is 0 Å². The van der Waals surface area contributed by atoms with E-state index >= 15 is 0 Å². The Morgan fingerprint density at radius 3 is 2.22 bits per heavy atom. The van der Waals surface area contributed by atoms with Gasteiger partial charge in [0.2, 0.25) is 5.91 Å². The Morgan fingerprint density at radius 1 is 1.07 bits per heavy atom. The number of Topliss-reactive ketones (excluding diaryl/α,β-unsaturated/α-hetero) is 1. The van der Waals surface area contributed by atoms with Gasteiger partial charge in [0, 0.05) is 11.5 Å². The van der Waals surface area contributed by atoms with Gasteiger partial charge in [0.15, 0.2) is 12.4 Å². The molecule has 0 unspecified atom stereocenters. The highest BCUT2D eigenvalue weighted by Gasteiger charge is 2.31. The number of amides is 1. The van der Waals surface area contributed by atoms with E-state index < -0.39 is 12.0 Å². The lowest BCUT2D eigenvalue weighted by Gasteiger charge is -2.28. The Morgan fingerprint density at radius 2 is 1.67 bits per heavy atom. The summed E-state index contributed by atoms with van der Waals surface area (Å²) in [7, 11) is 0. The number of carbonyl (C=O) groups excluding carboxylic acids is 3. The zero-order chi connectivity index (χ0) is 20.0. The quantitative estimate of drug-likeness (QED) is 0.584. The molecule has 5 heteroatoms. The molecule has 148 valence electrons. The standard InChI is InChI=1S/C22H31NO4/c1-14(2)20(23-21(25)18-11-7-16(4)8-12-18)22(26)27-13-19(24)17-9-5-15(3)6-10-17/h5-6,9-10,14,16,18,20H,7-8,11-13H2,1-4H3,(H,23,25)/t16?,18?,20-/m0/s1. The summed E-state index contributed by atoms with van der Waals surface area (Å²) < 4.78 is 5.21. The van der Waals surface area contributed by atoms with Crippen molar-refractivity contribution in [1.82, 2.24) is 5.32 Å². The van der Waals surface area contributed by atoms with Crippen molar-refractivity contribution in [3.05, 3.63) is 35.4 Å². The van der Waals surface area contributed by atoms with Crippen LogP contribution in [-0.2, 0) is 14.3 Å². The molecule has 1 aliphatic carbocycles. The summed E-state index contributed by atoms with van der Waals surface area (Å²) in [5.41, 5.74) is 1.57. The van der Waals surface area contributed by atoms with Crippen LogP contribution >= 0.6 is 0 Å². The van der Waals surface area contributed by atoms with Crippen molar-refractivity contribution in [2.24, 2.45) is 17.8 Å². The fraction of sp³-hybridized carbons (Fsp3) is 0.591. The third-order valence-corrected chi connectivity index (χ3v) is 5.32. The number of carbonyl (C=O) groups is 3. The maximum atomic E-state index is 12.5. The average molecular weight is 373 g/mol. The minimum absolute atomic E-state index is 0.0376. The van der Waals surface area contributed by atoms with Gasteiger partial charge in [0.05, 0.1) is 0 Å². The Labute approximate surface area is 161 Å². The lowest BCUT2D eigenvalue weighted by molar-refractivity contribution is -0.148. The number of aryl methyl sites for hydroxylation is 1. The Balaban J connectivity index is 1.89. The first-order valence-electron chi connectivity index (χ1n) is 9.84. The molecule has 1 fully saturated rings. The van der Waals surface area contributed by atoms with Gasteiger partial charge in [-0.05, 0) is 44.4 Å². The van der Waals surface area contributed by atoms with Crippen LogP contribution < -0.4 is 5.32 Å². The number of esters is 1. The number of rotatable bonds is 7. The lowest BCUT2D eigenvalue weighted by Crippen LogP contribution is -2.48. The van der Waals surface area contributed by atoms with E-state index in [9.17, 15) is 14.4 Å². The highest BCUT2D eigenvalue weighted by atomic mass is 16.5. The average Bonchev–Trinajstić information content (AvgIpc) is 2.64. The maximum absolute atomic E-state index is 12.5. The fourth-order valence-corrected chi connectivity index (χ4v) is 3.34. The van der Waals surface area contributed by atoms with Crippen LogP contribution in [0.3, 0.4) is 0 Å². The van der Waals surface area contributed by atoms with E-state index in [1.807, 2.05) is 32.9 Å². The van der Waals surface area contributed by atoms with E-state index in [1.54, 1.807) is 12.1 Å². The van der Waals surface area contributed by atoms with Gasteiger partial charge in [-0.1, -0.05) is 50.6 Å². The van der Waals surface area contributed by atoms with Gasteiger partial charge in [-0.3, -0.25) is 9.59 Å². The monoisotopic (exact) mass is 373 g/mol. The van der Waals surface area contributed by atoms with Gasteiger partial charge in [0.1, 0.15) is 6.04 Å². The molecule has 5 nitrogen and oxygen atoms in total. The minimum atomic E-state index is -0.734. The summed E-state index contributed by atoms with van der Waals surface area (Å²) >= 11 is 0. The van der Waals surface area contributed by atoms with E-state index in [-0.39, 0.29) is 30.1 Å². The predicted molar refractivity (Wildman–Crippen MR) is 104 cm³/mol. The van der Waals surface area contributed by atoms with Crippen molar-refractivity contribution in [2.75, 3.05) is 6.61 Å². The molecule has 1 aromatic carbocycles. The third kappa shape index (κ3) is 6.19. The third-order valence-electron chi connectivity index (χ3n) is 5.32. The van der Waals surface area contributed by atoms with Gasteiger partial charge in [-0.2, -0.15) is 0 Å². The summed E-state index contributed by atoms with van der Waals surface area (Å²) in [6, 6.07) is 6.39. The second kappa shape index (κ2) is 9.67. The van der Waals surface area contributed by atoms with Gasteiger partial charge in [0.25, 0.3) is 0 Å². The SMILES string of the molecule is Cc1ccc(C(=O)COC(=O)[C@@H](NC(=O)C2CCC(C)CC2)C(C)C)cc1. The van der Waals surface area contributed by atoms with Crippen LogP contribution in [0.25, 0.3) is 0 Å². The minimum Gasteiger partial charge on any atom is -0.456 e. The largest absolute Gasteiger partial charge is 0.456 e. The van der Waals surface area contributed by atoms with E-state index in [2.05, 4.69) is 12.2 Å². The zero-order valence-corrected chi connectivity index (χ0v) is 16.8. The highest BCUT2D eigenvalue weighted by molar-refractivity contribution is 5.98. The molecular weight excluding hydrogens is 342 g/mol. The summed E-state index contributed by atoms with van der Waals surface area (Å²) in [4.78, 5) is 37.2. The summed E-state index contributed by atoms with van der Waals surface area (Å²) in [6.45, 7) is 7.54. The normalized spacial score (nSPS) is 20.8. The van der Waals surface area contributed by atoms with Crippen LogP contribution in [0.5, 0.6) is 0 Å². The van der Waals surface area contributed by atoms with E-state index in [0.717, 1.165) is 31.2 Å². The number of ketones is 1. The molecular formula is C22H31NO4. The number of nitrogens with one attached hydrogen (secondary N) is 1. The molecule has 0 aliphatic heterocycles. The second-order valence-electron chi connectivity index (χ2n) is 8.08. The van der Waals surface area contributed by atoms with Crippen molar-refractivity contribution >= 4 is 17.7 Å². The van der Waals surface area contributed by atoms with Crippen LogP contribution in [0.4, 0.5) is 0 Å². The molecule has 27 heavy (non-hydrogen) atoms. The van der Waals surface area contributed by atoms with Crippen LogP contribution in [0, 0.1) is 24.7 Å². The van der Waals surface area contributed by atoms with Crippen molar-refractivity contribution < 1.29 is 19.1 Å². The molecule has 0 saturated heterocycles. The van der Waals surface area contributed by atoms with E-state index in [0.29, 0.717) is 11.5 Å². The molecule has 1 aliphatic rings. The van der Waals surface area contributed by atoms with Crippen molar-refractivity contribution in [1.29, 1.82) is 0 Å². The molecule has 0 radical (unpaired) electrons. The molecule has 0 bridgehead atoms. The van der Waals surface area contributed by atoms with Gasteiger partial charge < -0.3 is 10.1 Å². The van der Waals surface area contributed by atoms with Crippen LogP contribution in [0.1, 0.15) is 62.4 Å². The number of hydrogen-bond donors (Lipinski definition) is 1. The molecule has 0 aromatic heterocycles. The summed E-state index contributed by atoms with van der Waals surface area (Å²) in [5.74, 6) is -0.376. The van der Waals surface area contributed by atoms with E-state index in [1.165, 1.54) is 0 Å². The molecule has 2 rings (SSSR count). The number of benzene rings is 1. The first kappa shape index (κ1) is 21.1. The smallest absolute Gasteiger partial charge is 0.329 e. The van der Waals surface area contributed by atoms with Crippen molar-refractivity contribution in [2.45, 2.75) is 59.4 Å². The molecule has 0 heterocycles. The summed E-state index contributed by atoms with van der Waals surface area (Å²) in [6.07, 6.45) is 3.80. The Kier molecular flexibility index (Phi) is 7.57. The molecule has 1 aromatic rings. The maximum Gasteiger partial charge on any atom is 0.329 e. The summed E-state index contributed by atoms with van der Waals surface area (Å²) in [5, 5.41) is 2.85. The van der Waals surface area contributed by atoms with Gasteiger partial charge in [-0.25, -0.2) is 4.79 Å². The van der Waals surface area contributed by atoms with Crippen LogP contribution in [0.15, 0.2) is 24.3 Å². The fourth-order valence-electron chi connectivity index (χ4n) is 3.34. The highest BCUT2D eigenvalue weighted by Crippen LogP contribution is 2.28. The number of ether oxygens (including phenoxy) is 1. The molecule has 0 spiro atoms. The number of hydrogen-bond acceptors (Lipinski definition) is 4. The van der Waals surface area contributed by atoms with Crippen LogP contribution in [0.2, 0.25) is 0 Å². The molecule has 1 saturated carbocycles. The topological polar surface area (TPSA) is 72.5 Å². The van der Waals surface area contributed by atoms with Gasteiger partial charge >= 0.3 is 5.97 Å². The first-order valence-corrected chi connectivity index (χ1v) is 9.84. The Bertz CT molecular complexity index is 657. The van der Waals surface area contributed by atoms with Gasteiger partial charge in [-0.15, -0.1) is 0 Å².